The van der Waals surface area contributed by atoms with Crippen LogP contribution in [-0.4, -0.2) is 23.3 Å². The molecule has 0 spiro atoms. The van der Waals surface area contributed by atoms with Crippen LogP contribution in [0.15, 0.2) is 24.4 Å². The Morgan fingerprint density at radius 1 is 1.33 bits per heavy atom. The molecule has 0 radical (unpaired) electrons. The van der Waals surface area contributed by atoms with Crippen molar-refractivity contribution >= 4 is 11.7 Å². The van der Waals surface area contributed by atoms with E-state index in [-0.39, 0.29) is 0 Å². The van der Waals surface area contributed by atoms with Crippen LogP contribution in [0.25, 0.3) is 11.3 Å². The minimum atomic E-state index is -0.434. The average Bonchev–Trinajstić information content (AvgIpc) is 3.01. The number of esters is 1. The lowest BCUT2D eigenvalue weighted by Crippen LogP contribution is -2.07. The Morgan fingerprint density at radius 2 is 2.00 bits per heavy atom. The van der Waals surface area contributed by atoms with Crippen LogP contribution < -0.4 is 5.73 Å². The highest BCUT2D eigenvalue weighted by Crippen LogP contribution is 2.27. The standard InChI is InChI=1S/C13H15N3O2.C3H8/c1-3-8-6-11(14)10(13(17)18-2)7-9(8)12-4-5-15-16-12;1-3-2/h4-7H,3,14H2,1-2H3,(H,15,16);3H2,1-2H3. The van der Waals surface area contributed by atoms with Crippen molar-refractivity contribution in [1.82, 2.24) is 10.2 Å². The molecular weight excluding hydrogens is 266 g/mol. The summed E-state index contributed by atoms with van der Waals surface area (Å²) in [5, 5.41) is 6.81. The first-order valence-electron chi connectivity index (χ1n) is 7.09. The minimum Gasteiger partial charge on any atom is -0.465 e. The molecule has 0 amide bonds. The number of benzene rings is 1. The summed E-state index contributed by atoms with van der Waals surface area (Å²) in [6.45, 7) is 6.28. The van der Waals surface area contributed by atoms with E-state index in [0.717, 1.165) is 23.2 Å². The number of hydrogen-bond acceptors (Lipinski definition) is 4. The first kappa shape index (κ1) is 16.8. The van der Waals surface area contributed by atoms with Gasteiger partial charge in [0, 0.05) is 17.4 Å². The first-order valence-corrected chi connectivity index (χ1v) is 7.09. The topological polar surface area (TPSA) is 81.0 Å². The largest absolute Gasteiger partial charge is 0.465 e. The normalized spacial score (nSPS) is 9.71. The van der Waals surface area contributed by atoms with Crippen LogP contribution in [0, 0.1) is 0 Å². The quantitative estimate of drug-likeness (QED) is 0.670. The fourth-order valence-electron chi connectivity index (χ4n) is 1.90. The summed E-state index contributed by atoms with van der Waals surface area (Å²) in [6, 6.07) is 5.40. The number of rotatable bonds is 3. The molecule has 1 aromatic carbocycles. The predicted octanol–water partition coefficient (Wildman–Crippen LogP) is 3.42. The summed E-state index contributed by atoms with van der Waals surface area (Å²) in [5.41, 5.74) is 9.51. The lowest BCUT2D eigenvalue weighted by molar-refractivity contribution is 0.0602. The maximum Gasteiger partial charge on any atom is 0.339 e. The lowest BCUT2D eigenvalue weighted by atomic mass is 9.98. The van der Waals surface area contributed by atoms with Crippen LogP contribution in [0.5, 0.6) is 0 Å². The number of carbonyl (C=O) groups excluding carboxylic acids is 1. The van der Waals surface area contributed by atoms with Crippen molar-refractivity contribution in [1.29, 1.82) is 0 Å². The molecule has 5 heteroatoms. The molecule has 0 saturated carbocycles. The SMILES string of the molecule is CCC.CCc1cc(N)c(C(=O)OC)cc1-c1ccn[nH]1. The molecule has 1 aromatic heterocycles. The highest BCUT2D eigenvalue weighted by atomic mass is 16.5. The molecule has 2 rings (SSSR count). The van der Waals surface area contributed by atoms with Gasteiger partial charge in [-0.15, -0.1) is 0 Å². The number of aryl methyl sites for hydroxylation is 1. The van der Waals surface area contributed by atoms with Crippen molar-refractivity contribution in [3.63, 3.8) is 0 Å². The van der Waals surface area contributed by atoms with Crippen LogP contribution in [0.3, 0.4) is 0 Å². The molecular formula is C16H23N3O2. The van der Waals surface area contributed by atoms with Gasteiger partial charge in [-0.05, 0) is 30.2 Å². The van der Waals surface area contributed by atoms with Gasteiger partial charge in [0.25, 0.3) is 0 Å². The summed E-state index contributed by atoms with van der Waals surface area (Å²) in [4.78, 5) is 11.6. The van der Waals surface area contributed by atoms with E-state index in [4.69, 9.17) is 10.5 Å². The van der Waals surface area contributed by atoms with Crippen LogP contribution >= 0.6 is 0 Å². The Hall–Kier alpha value is -2.30. The third-order valence-corrected chi connectivity index (χ3v) is 2.85. The Labute approximate surface area is 125 Å². The molecule has 0 aliphatic heterocycles. The van der Waals surface area contributed by atoms with Gasteiger partial charge in [-0.25, -0.2) is 4.79 Å². The number of nitrogens with zero attached hydrogens (tertiary/aromatic N) is 1. The highest BCUT2D eigenvalue weighted by molar-refractivity contribution is 5.97. The second-order valence-electron chi connectivity index (χ2n) is 4.62. The summed E-state index contributed by atoms with van der Waals surface area (Å²) in [6.07, 6.45) is 3.74. The molecule has 0 atom stereocenters. The molecule has 5 nitrogen and oxygen atoms in total. The van der Waals surface area contributed by atoms with Crippen molar-refractivity contribution in [2.45, 2.75) is 33.6 Å². The van der Waals surface area contributed by atoms with E-state index < -0.39 is 5.97 Å². The molecule has 21 heavy (non-hydrogen) atoms. The van der Waals surface area contributed by atoms with E-state index in [2.05, 4.69) is 24.0 Å². The zero-order valence-corrected chi connectivity index (χ0v) is 13.1. The second kappa shape index (κ2) is 8.09. The van der Waals surface area contributed by atoms with Crippen molar-refractivity contribution < 1.29 is 9.53 Å². The van der Waals surface area contributed by atoms with E-state index in [9.17, 15) is 4.79 Å². The number of aromatic nitrogens is 2. The number of nitrogens with two attached hydrogens (primary N) is 1. The number of carbonyl (C=O) groups is 1. The molecule has 3 N–H and O–H groups in total. The maximum atomic E-state index is 11.6. The number of methoxy groups -OCH3 is 1. The summed E-state index contributed by atoms with van der Waals surface area (Å²) < 4.78 is 4.72. The monoisotopic (exact) mass is 289 g/mol. The Bertz CT molecular complexity index is 577. The van der Waals surface area contributed by atoms with Crippen molar-refractivity contribution in [2.24, 2.45) is 0 Å². The number of H-pyrrole nitrogens is 1. The van der Waals surface area contributed by atoms with E-state index >= 15 is 0 Å². The van der Waals surface area contributed by atoms with Gasteiger partial charge >= 0.3 is 5.97 Å². The molecule has 0 aliphatic carbocycles. The Morgan fingerprint density at radius 3 is 2.48 bits per heavy atom. The molecule has 0 aliphatic rings. The summed E-state index contributed by atoms with van der Waals surface area (Å²) in [5.74, 6) is -0.434. The fraction of sp³-hybridized carbons (Fsp3) is 0.375. The Kier molecular flexibility index (Phi) is 6.46. The third kappa shape index (κ3) is 4.08. The van der Waals surface area contributed by atoms with Gasteiger partial charge in [-0.3, -0.25) is 5.10 Å². The number of anilines is 1. The average molecular weight is 289 g/mol. The van der Waals surface area contributed by atoms with Crippen LogP contribution in [-0.2, 0) is 11.2 Å². The van der Waals surface area contributed by atoms with Gasteiger partial charge in [0.1, 0.15) is 0 Å². The zero-order valence-electron chi connectivity index (χ0n) is 13.1. The minimum absolute atomic E-state index is 0.374. The Balaban J connectivity index is 0.000000677. The van der Waals surface area contributed by atoms with Crippen LogP contribution in [0.2, 0.25) is 0 Å². The molecule has 1 heterocycles. The van der Waals surface area contributed by atoms with Gasteiger partial charge in [0.15, 0.2) is 0 Å². The van der Waals surface area contributed by atoms with Gasteiger partial charge < -0.3 is 10.5 Å². The predicted molar refractivity (Wildman–Crippen MR) is 85.1 cm³/mol. The fourth-order valence-corrected chi connectivity index (χ4v) is 1.90. The first-order chi connectivity index (χ1) is 10.1. The second-order valence-corrected chi connectivity index (χ2v) is 4.62. The molecule has 0 bridgehead atoms. The van der Waals surface area contributed by atoms with E-state index in [0.29, 0.717) is 11.3 Å². The number of ether oxygens (including phenoxy) is 1. The van der Waals surface area contributed by atoms with Crippen LogP contribution in [0.1, 0.15) is 43.1 Å². The van der Waals surface area contributed by atoms with E-state index in [1.807, 2.05) is 19.1 Å². The summed E-state index contributed by atoms with van der Waals surface area (Å²) in [7, 11) is 1.34. The number of nitrogens with one attached hydrogen (secondary N) is 1. The smallest absolute Gasteiger partial charge is 0.339 e. The molecule has 114 valence electrons. The number of nitrogen functional groups attached to an aromatic ring is 1. The molecule has 0 saturated heterocycles. The van der Waals surface area contributed by atoms with Gasteiger partial charge in [0.05, 0.1) is 18.4 Å². The molecule has 0 fully saturated rings. The van der Waals surface area contributed by atoms with E-state index in [1.165, 1.54) is 13.5 Å². The number of aromatic amines is 1. The molecule has 2 aromatic rings. The van der Waals surface area contributed by atoms with Gasteiger partial charge in [0.2, 0.25) is 0 Å². The van der Waals surface area contributed by atoms with Crippen LogP contribution in [0.4, 0.5) is 5.69 Å². The van der Waals surface area contributed by atoms with Crippen molar-refractivity contribution in [3.8, 4) is 11.3 Å². The van der Waals surface area contributed by atoms with Gasteiger partial charge in [-0.2, -0.15) is 5.10 Å². The molecule has 0 unspecified atom stereocenters. The maximum absolute atomic E-state index is 11.6. The third-order valence-electron chi connectivity index (χ3n) is 2.85. The van der Waals surface area contributed by atoms with Crippen molar-refractivity contribution in [2.75, 3.05) is 12.8 Å². The van der Waals surface area contributed by atoms with Crippen molar-refractivity contribution in [3.05, 3.63) is 35.5 Å². The summed E-state index contributed by atoms with van der Waals surface area (Å²) >= 11 is 0. The number of hydrogen-bond donors (Lipinski definition) is 2. The zero-order chi connectivity index (χ0) is 15.8. The lowest BCUT2D eigenvalue weighted by Gasteiger charge is -2.11. The van der Waals surface area contributed by atoms with Gasteiger partial charge in [-0.1, -0.05) is 27.2 Å². The highest BCUT2D eigenvalue weighted by Gasteiger charge is 2.15. The van der Waals surface area contributed by atoms with E-state index in [1.54, 1.807) is 12.3 Å².